The fraction of sp³-hybridized carbons (Fsp3) is 0. The average Bonchev–Trinajstić information content (AvgIpc) is 2.47. The van der Waals surface area contributed by atoms with Gasteiger partial charge >= 0.3 is 5.97 Å². The van der Waals surface area contributed by atoms with Crippen molar-refractivity contribution in [2.24, 2.45) is 5.10 Å². The van der Waals surface area contributed by atoms with Gasteiger partial charge in [-0.1, -0.05) is 24.3 Å². The minimum Gasteiger partial charge on any atom is -0.477 e. The maximum atomic E-state index is 11.0. The van der Waals surface area contributed by atoms with Gasteiger partial charge in [-0.2, -0.15) is 5.10 Å². The third-order valence-electron chi connectivity index (χ3n) is 2.65. The summed E-state index contributed by atoms with van der Waals surface area (Å²) in [6.45, 7) is 0. The van der Waals surface area contributed by atoms with Crippen molar-refractivity contribution in [2.75, 3.05) is 5.43 Å². The molecule has 0 bridgehead atoms. The third kappa shape index (κ3) is 3.41. The Morgan fingerprint density at radius 1 is 1.19 bits per heavy atom. The van der Waals surface area contributed by atoms with Gasteiger partial charge in [-0.25, -0.2) is 4.79 Å². The molecule has 0 saturated carbocycles. The molecule has 0 aromatic heterocycles. The molecule has 0 atom stereocenters. The molecular weight excluding hydrogens is 274 g/mol. The predicted octanol–water partition coefficient (Wildman–Crippen LogP) is 2.74. The number of aromatic carboxylic acids is 1. The molecule has 0 unspecified atom stereocenters. The molecule has 2 N–H and O–H groups in total. The molecule has 106 valence electrons. The number of carbonyl (C=O) groups is 1. The SMILES string of the molecule is O=C(O)c1cccc(C=NNc2ccccc2)c1[N+](=O)[O-]. The van der Waals surface area contributed by atoms with Gasteiger partial charge in [0.05, 0.1) is 22.4 Å². The van der Waals surface area contributed by atoms with E-state index in [2.05, 4.69) is 10.5 Å². The number of hydrazone groups is 1. The minimum atomic E-state index is -1.35. The number of nitro groups is 1. The first-order valence-electron chi connectivity index (χ1n) is 5.94. The number of hydrogen-bond donors (Lipinski definition) is 2. The Kier molecular flexibility index (Phi) is 4.25. The van der Waals surface area contributed by atoms with Gasteiger partial charge in [0.1, 0.15) is 5.56 Å². The van der Waals surface area contributed by atoms with Crippen molar-refractivity contribution in [3.8, 4) is 0 Å². The Bertz CT molecular complexity index is 699. The number of anilines is 1. The van der Waals surface area contributed by atoms with Crippen LogP contribution in [0.15, 0.2) is 53.6 Å². The van der Waals surface area contributed by atoms with Crippen LogP contribution >= 0.6 is 0 Å². The standard InChI is InChI=1S/C14H11N3O4/c18-14(19)12-8-4-5-10(13(12)17(20)21)9-15-16-11-6-2-1-3-7-11/h1-9,16H,(H,18,19). The number of hydrogen-bond acceptors (Lipinski definition) is 5. The zero-order valence-electron chi connectivity index (χ0n) is 10.8. The van der Waals surface area contributed by atoms with Gasteiger partial charge in [0.15, 0.2) is 0 Å². The molecule has 21 heavy (non-hydrogen) atoms. The summed E-state index contributed by atoms with van der Waals surface area (Å²) in [6, 6.07) is 13.1. The van der Waals surface area contributed by atoms with E-state index >= 15 is 0 Å². The van der Waals surface area contributed by atoms with Crippen LogP contribution < -0.4 is 5.43 Å². The molecule has 2 aromatic carbocycles. The van der Waals surface area contributed by atoms with Crippen LogP contribution in [0.5, 0.6) is 0 Å². The number of nitrogens with one attached hydrogen (secondary N) is 1. The van der Waals surface area contributed by atoms with E-state index in [4.69, 9.17) is 5.11 Å². The van der Waals surface area contributed by atoms with Gasteiger partial charge in [0.25, 0.3) is 5.69 Å². The van der Waals surface area contributed by atoms with E-state index in [-0.39, 0.29) is 11.1 Å². The van der Waals surface area contributed by atoms with E-state index in [1.54, 1.807) is 12.1 Å². The largest absolute Gasteiger partial charge is 0.477 e. The van der Waals surface area contributed by atoms with Gasteiger partial charge < -0.3 is 5.11 Å². The van der Waals surface area contributed by atoms with Crippen LogP contribution in [0.2, 0.25) is 0 Å². The van der Waals surface area contributed by atoms with E-state index in [0.717, 1.165) is 0 Å². The van der Waals surface area contributed by atoms with Crippen LogP contribution in [0.25, 0.3) is 0 Å². The number of benzene rings is 2. The summed E-state index contributed by atoms with van der Waals surface area (Å²) in [6.07, 6.45) is 1.22. The lowest BCUT2D eigenvalue weighted by Gasteiger charge is -2.02. The van der Waals surface area contributed by atoms with Crippen LogP contribution in [-0.2, 0) is 0 Å². The molecule has 0 aliphatic rings. The summed E-state index contributed by atoms with van der Waals surface area (Å²) < 4.78 is 0. The maximum absolute atomic E-state index is 11.0. The normalized spacial score (nSPS) is 10.5. The lowest BCUT2D eigenvalue weighted by atomic mass is 10.1. The topological polar surface area (TPSA) is 105 Å². The van der Waals surface area contributed by atoms with Crippen molar-refractivity contribution in [2.45, 2.75) is 0 Å². The second kappa shape index (κ2) is 6.29. The number of nitro benzene ring substituents is 1. The van der Waals surface area contributed by atoms with Gasteiger partial charge in [-0.15, -0.1) is 0 Å². The summed E-state index contributed by atoms with van der Waals surface area (Å²) in [5.74, 6) is -1.35. The first-order chi connectivity index (χ1) is 10.1. The fourth-order valence-electron chi connectivity index (χ4n) is 1.73. The van der Waals surface area contributed by atoms with E-state index in [9.17, 15) is 14.9 Å². The quantitative estimate of drug-likeness (QED) is 0.499. The molecule has 2 rings (SSSR count). The Hall–Kier alpha value is -3.22. The van der Waals surface area contributed by atoms with E-state index in [1.165, 1.54) is 24.4 Å². The third-order valence-corrected chi connectivity index (χ3v) is 2.65. The molecule has 7 nitrogen and oxygen atoms in total. The highest BCUT2D eigenvalue weighted by Crippen LogP contribution is 2.22. The number of carboxylic acids is 1. The van der Waals surface area contributed by atoms with Crippen LogP contribution in [0, 0.1) is 10.1 Å². The highest BCUT2D eigenvalue weighted by atomic mass is 16.6. The predicted molar refractivity (Wildman–Crippen MR) is 77.7 cm³/mol. The Morgan fingerprint density at radius 3 is 2.52 bits per heavy atom. The van der Waals surface area contributed by atoms with Crippen LogP contribution in [0.1, 0.15) is 15.9 Å². The highest BCUT2D eigenvalue weighted by molar-refractivity contribution is 5.98. The number of para-hydroxylation sites is 2. The molecule has 0 amide bonds. The lowest BCUT2D eigenvalue weighted by molar-refractivity contribution is -0.385. The Balaban J connectivity index is 2.29. The van der Waals surface area contributed by atoms with Crippen molar-refractivity contribution in [3.05, 3.63) is 69.8 Å². The zero-order valence-corrected chi connectivity index (χ0v) is 10.8. The van der Waals surface area contributed by atoms with Crippen LogP contribution in [0.3, 0.4) is 0 Å². The monoisotopic (exact) mass is 285 g/mol. The van der Waals surface area contributed by atoms with Crippen LogP contribution in [-0.4, -0.2) is 22.2 Å². The second-order valence-electron chi connectivity index (χ2n) is 4.04. The molecule has 0 spiro atoms. The molecule has 7 heteroatoms. The Labute approximate surface area is 119 Å². The molecule has 0 heterocycles. The van der Waals surface area contributed by atoms with Crippen molar-refractivity contribution >= 4 is 23.6 Å². The van der Waals surface area contributed by atoms with Gasteiger partial charge in [-0.05, 0) is 24.3 Å². The van der Waals surface area contributed by atoms with Crippen molar-refractivity contribution in [1.82, 2.24) is 0 Å². The van der Waals surface area contributed by atoms with E-state index in [0.29, 0.717) is 5.69 Å². The highest BCUT2D eigenvalue weighted by Gasteiger charge is 2.22. The van der Waals surface area contributed by atoms with Crippen molar-refractivity contribution < 1.29 is 14.8 Å². The number of nitrogens with zero attached hydrogens (tertiary/aromatic N) is 2. The van der Waals surface area contributed by atoms with E-state index in [1.807, 2.05) is 18.2 Å². The lowest BCUT2D eigenvalue weighted by Crippen LogP contribution is -2.05. The summed E-state index contributed by atoms with van der Waals surface area (Å²) in [4.78, 5) is 21.3. The molecule has 0 saturated heterocycles. The summed E-state index contributed by atoms with van der Waals surface area (Å²) >= 11 is 0. The minimum absolute atomic E-state index is 0.114. The molecule has 0 aliphatic heterocycles. The van der Waals surface area contributed by atoms with Crippen molar-refractivity contribution in [1.29, 1.82) is 0 Å². The first-order valence-corrected chi connectivity index (χ1v) is 5.94. The summed E-state index contributed by atoms with van der Waals surface area (Å²) in [5, 5.41) is 23.9. The van der Waals surface area contributed by atoms with E-state index < -0.39 is 16.6 Å². The van der Waals surface area contributed by atoms with Gasteiger partial charge in [0.2, 0.25) is 0 Å². The smallest absolute Gasteiger partial charge is 0.342 e. The zero-order chi connectivity index (χ0) is 15.2. The average molecular weight is 285 g/mol. The molecule has 0 aliphatic carbocycles. The fourth-order valence-corrected chi connectivity index (χ4v) is 1.73. The van der Waals surface area contributed by atoms with Crippen molar-refractivity contribution in [3.63, 3.8) is 0 Å². The molecular formula is C14H11N3O4. The second-order valence-corrected chi connectivity index (χ2v) is 4.04. The maximum Gasteiger partial charge on any atom is 0.342 e. The van der Waals surface area contributed by atoms with Gasteiger partial charge in [0, 0.05) is 0 Å². The number of carboxylic acid groups (broad SMARTS) is 1. The van der Waals surface area contributed by atoms with Gasteiger partial charge in [-0.3, -0.25) is 15.5 Å². The summed E-state index contributed by atoms with van der Waals surface area (Å²) in [7, 11) is 0. The molecule has 0 radical (unpaired) electrons. The molecule has 2 aromatic rings. The number of rotatable bonds is 5. The summed E-state index contributed by atoms with van der Waals surface area (Å²) in [5.41, 5.74) is 2.68. The molecule has 0 fully saturated rings. The first kappa shape index (κ1) is 14.2. The van der Waals surface area contributed by atoms with Crippen LogP contribution in [0.4, 0.5) is 11.4 Å². The Morgan fingerprint density at radius 2 is 1.90 bits per heavy atom.